The van der Waals surface area contributed by atoms with Crippen LogP contribution in [0.1, 0.15) is 0 Å². The molecule has 1 N–H and O–H groups in total. The van der Waals surface area contributed by atoms with Crippen molar-refractivity contribution in [2.75, 3.05) is 19.8 Å². The van der Waals surface area contributed by atoms with Crippen molar-refractivity contribution in [3.8, 4) is 0 Å². The predicted octanol–water partition coefficient (Wildman–Crippen LogP) is -0.222. The van der Waals surface area contributed by atoms with Gasteiger partial charge in [-0.15, -0.1) is 13.2 Å². The van der Waals surface area contributed by atoms with Gasteiger partial charge >= 0.3 is 0 Å². The first-order valence-electron chi connectivity index (χ1n) is 4.13. The van der Waals surface area contributed by atoms with Crippen LogP contribution in [0.2, 0.25) is 0 Å². The second-order valence-electron chi connectivity index (χ2n) is 2.92. The van der Waals surface area contributed by atoms with Crippen LogP contribution in [0.15, 0.2) is 25.3 Å². The van der Waals surface area contributed by atoms with E-state index in [0.717, 1.165) is 0 Å². The highest BCUT2D eigenvalue weighted by Crippen LogP contribution is 2.11. The lowest BCUT2D eigenvalue weighted by Gasteiger charge is -2.15. The summed E-state index contributed by atoms with van der Waals surface area (Å²) in [5.74, 6) is -0.262. The Hall–Kier alpha value is -1.13. The SMILES string of the molecule is C=CCN1CN(CC=C)C(O)C1=O. The van der Waals surface area contributed by atoms with Crippen LogP contribution in [0.25, 0.3) is 0 Å². The van der Waals surface area contributed by atoms with Gasteiger partial charge in [0.25, 0.3) is 5.91 Å². The van der Waals surface area contributed by atoms with E-state index in [1.165, 1.54) is 0 Å². The number of carbonyl (C=O) groups is 1. The van der Waals surface area contributed by atoms with Crippen molar-refractivity contribution in [3.05, 3.63) is 25.3 Å². The van der Waals surface area contributed by atoms with Crippen molar-refractivity contribution in [3.63, 3.8) is 0 Å². The monoisotopic (exact) mass is 182 g/mol. The fourth-order valence-corrected chi connectivity index (χ4v) is 1.31. The maximum Gasteiger partial charge on any atom is 0.268 e. The first kappa shape index (κ1) is 9.95. The topological polar surface area (TPSA) is 43.8 Å². The Labute approximate surface area is 77.7 Å². The fraction of sp³-hybridized carbons (Fsp3) is 0.444. The van der Waals surface area contributed by atoms with Gasteiger partial charge in [0.2, 0.25) is 0 Å². The van der Waals surface area contributed by atoms with Gasteiger partial charge in [-0.3, -0.25) is 4.79 Å². The van der Waals surface area contributed by atoms with E-state index in [0.29, 0.717) is 19.8 Å². The molecule has 1 heterocycles. The third-order valence-electron chi connectivity index (χ3n) is 1.94. The van der Waals surface area contributed by atoms with Gasteiger partial charge in [0, 0.05) is 13.1 Å². The van der Waals surface area contributed by atoms with Crippen LogP contribution in [0, 0.1) is 0 Å². The Kier molecular flexibility index (Phi) is 3.22. The molecule has 1 amide bonds. The number of carbonyl (C=O) groups excluding carboxylic acids is 1. The largest absolute Gasteiger partial charge is 0.370 e. The number of rotatable bonds is 4. The lowest BCUT2D eigenvalue weighted by atomic mass is 10.4. The number of nitrogens with zero attached hydrogens (tertiary/aromatic N) is 2. The van der Waals surface area contributed by atoms with E-state index in [1.807, 2.05) is 0 Å². The van der Waals surface area contributed by atoms with Crippen molar-refractivity contribution < 1.29 is 9.90 Å². The molecule has 0 bridgehead atoms. The van der Waals surface area contributed by atoms with Gasteiger partial charge < -0.3 is 10.0 Å². The molecule has 1 atom stereocenters. The lowest BCUT2D eigenvalue weighted by Crippen LogP contribution is -2.32. The van der Waals surface area contributed by atoms with Gasteiger partial charge in [0.15, 0.2) is 6.23 Å². The number of aliphatic hydroxyl groups excluding tert-OH is 1. The van der Waals surface area contributed by atoms with Crippen molar-refractivity contribution in [1.29, 1.82) is 0 Å². The molecule has 4 heteroatoms. The second-order valence-corrected chi connectivity index (χ2v) is 2.92. The highest BCUT2D eigenvalue weighted by Gasteiger charge is 2.35. The molecule has 1 fully saturated rings. The number of aliphatic hydroxyl groups is 1. The minimum Gasteiger partial charge on any atom is -0.370 e. The quantitative estimate of drug-likeness (QED) is 0.611. The number of hydrogen-bond acceptors (Lipinski definition) is 3. The van der Waals surface area contributed by atoms with E-state index in [-0.39, 0.29) is 5.91 Å². The molecule has 0 aromatic rings. The summed E-state index contributed by atoms with van der Waals surface area (Å²) in [6.45, 7) is 8.53. The molecule has 13 heavy (non-hydrogen) atoms. The molecule has 1 aliphatic heterocycles. The molecule has 0 radical (unpaired) electrons. The fourth-order valence-electron chi connectivity index (χ4n) is 1.31. The van der Waals surface area contributed by atoms with E-state index in [2.05, 4.69) is 13.2 Å². The summed E-state index contributed by atoms with van der Waals surface area (Å²) in [5, 5.41) is 9.44. The van der Waals surface area contributed by atoms with Crippen LogP contribution in [-0.4, -0.2) is 46.8 Å². The summed E-state index contributed by atoms with van der Waals surface area (Å²) < 4.78 is 0. The van der Waals surface area contributed by atoms with E-state index in [9.17, 15) is 9.90 Å². The zero-order valence-electron chi connectivity index (χ0n) is 7.52. The smallest absolute Gasteiger partial charge is 0.268 e. The Bertz CT molecular complexity index is 228. The zero-order chi connectivity index (χ0) is 9.84. The molecule has 1 aliphatic rings. The van der Waals surface area contributed by atoms with E-state index < -0.39 is 6.23 Å². The molecule has 0 aromatic heterocycles. The standard InChI is InChI=1S/C9H14N2O2/c1-3-5-10-7-11(6-4-2)9(13)8(10)12/h3-4,8,12H,1-2,5-7H2. The van der Waals surface area contributed by atoms with Gasteiger partial charge in [-0.05, 0) is 0 Å². The Balaban J connectivity index is 2.60. The van der Waals surface area contributed by atoms with Crippen LogP contribution in [0.4, 0.5) is 0 Å². The minimum atomic E-state index is -1.02. The highest BCUT2D eigenvalue weighted by atomic mass is 16.3. The molecule has 0 spiro atoms. The third-order valence-corrected chi connectivity index (χ3v) is 1.94. The van der Waals surface area contributed by atoms with Crippen LogP contribution >= 0.6 is 0 Å². The summed E-state index contributed by atoms with van der Waals surface area (Å²) in [6.07, 6.45) is 2.29. The Morgan fingerprint density at radius 2 is 2.08 bits per heavy atom. The van der Waals surface area contributed by atoms with Gasteiger partial charge in [-0.1, -0.05) is 12.2 Å². The number of hydrogen-bond donors (Lipinski definition) is 1. The summed E-state index contributed by atoms with van der Waals surface area (Å²) in [7, 11) is 0. The third kappa shape index (κ3) is 1.96. The molecular weight excluding hydrogens is 168 g/mol. The van der Waals surface area contributed by atoms with Crippen molar-refractivity contribution in [1.82, 2.24) is 9.80 Å². The van der Waals surface area contributed by atoms with Gasteiger partial charge in [0.05, 0.1) is 6.67 Å². The predicted molar refractivity (Wildman–Crippen MR) is 49.7 cm³/mol. The zero-order valence-corrected chi connectivity index (χ0v) is 7.52. The van der Waals surface area contributed by atoms with Crippen LogP contribution in [-0.2, 0) is 4.79 Å². The molecule has 0 aromatic carbocycles. The molecule has 0 aliphatic carbocycles. The van der Waals surface area contributed by atoms with Gasteiger partial charge in [-0.2, -0.15) is 0 Å². The van der Waals surface area contributed by atoms with Crippen molar-refractivity contribution in [2.24, 2.45) is 0 Å². The number of amides is 1. The van der Waals surface area contributed by atoms with Crippen LogP contribution < -0.4 is 0 Å². The average molecular weight is 182 g/mol. The van der Waals surface area contributed by atoms with Crippen molar-refractivity contribution in [2.45, 2.75) is 6.23 Å². The van der Waals surface area contributed by atoms with Crippen LogP contribution in [0.5, 0.6) is 0 Å². The molecular formula is C9H14N2O2. The first-order valence-corrected chi connectivity index (χ1v) is 4.13. The molecule has 0 saturated carbocycles. The van der Waals surface area contributed by atoms with Gasteiger partial charge in [0.1, 0.15) is 0 Å². The summed E-state index contributed by atoms with van der Waals surface area (Å²) in [5.41, 5.74) is 0. The maximum atomic E-state index is 11.3. The Morgan fingerprint density at radius 3 is 2.62 bits per heavy atom. The summed E-state index contributed by atoms with van der Waals surface area (Å²) in [6, 6.07) is 0. The van der Waals surface area contributed by atoms with Gasteiger partial charge in [-0.25, -0.2) is 4.90 Å². The molecule has 1 rings (SSSR count). The van der Waals surface area contributed by atoms with E-state index in [4.69, 9.17) is 0 Å². The normalized spacial score (nSPS) is 23.6. The summed E-state index contributed by atoms with van der Waals surface area (Å²) >= 11 is 0. The molecule has 1 unspecified atom stereocenters. The maximum absolute atomic E-state index is 11.3. The van der Waals surface area contributed by atoms with E-state index >= 15 is 0 Å². The first-order chi connectivity index (χ1) is 6.20. The van der Waals surface area contributed by atoms with Crippen LogP contribution in [0.3, 0.4) is 0 Å². The molecule has 4 nitrogen and oxygen atoms in total. The average Bonchev–Trinajstić information content (AvgIpc) is 2.36. The van der Waals surface area contributed by atoms with E-state index in [1.54, 1.807) is 22.0 Å². The molecule has 1 saturated heterocycles. The molecule has 72 valence electrons. The highest BCUT2D eigenvalue weighted by molar-refractivity contribution is 5.82. The second kappa shape index (κ2) is 4.20. The summed E-state index contributed by atoms with van der Waals surface area (Å²) in [4.78, 5) is 14.5. The Morgan fingerprint density at radius 1 is 1.46 bits per heavy atom. The minimum absolute atomic E-state index is 0.262. The van der Waals surface area contributed by atoms with Crippen molar-refractivity contribution >= 4 is 5.91 Å². The lowest BCUT2D eigenvalue weighted by molar-refractivity contribution is -0.136.